The summed E-state index contributed by atoms with van der Waals surface area (Å²) in [6, 6.07) is 9.12. The summed E-state index contributed by atoms with van der Waals surface area (Å²) in [6.07, 6.45) is -2.78. The van der Waals surface area contributed by atoms with Gasteiger partial charge in [0.1, 0.15) is 10.8 Å². The van der Waals surface area contributed by atoms with Gasteiger partial charge in [-0.2, -0.15) is 9.61 Å². The highest BCUT2D eigenvalue weighted by Gasteiger charge is 2.17. The molecular weight excluding hydrogens is 387 g/mol. The van der Waals surface area contributed by atoms with Crippen LogP contribution in [0.2, 0.25) is 0 Å². The molecule has 4 aromatic rings. The minimum atomic E-state index is -2.78. The van der Waals surface area contributed by atoms with Gasteiger partial charge in [-0.25, -0.2) is 13.2 Å². The molecule has 0 spiro atoms. The summed E-state index contributed by atoms with van der Waals surface area (Å²) in [7, 11) is 0. The summed E-state index contributed by atoms with van der Waals surface area (Å²) in [4.78, 5) is 0. The van der Waals surface area contributed by atoms with Crippen LogP contribution in [0.1, 0.15) is 12.2 Å². The lowest BCUT2D eigenvalue weighted by Crippen LogP contribution is -2.00. The van der Waals surface area contributed by atoms with Gasteiger partial charge >= 0.3 is 0 Å². The molecule has 0 aliphatic heterocycles. The second kappa shape index (κ2) is 6.88. The number of hydrogen-bond donors (Lipinski definition) is 1. The first kappa shape index (κ1) is 16.7. The Labute approximate surface area is 152 Å². The number of anilines is 2. The third-order valence-electron chi connectivity index (χ3n) is 3.13. The van der Waals surface area contributed by atoms with E-state index in [1.807, 2.05) is 0 Å². The van der Waals surface area contributed by atoms with Crippen molar-refractivity contribution in [1.29, 1.82) is 0 Å². The maximum atomic E-state index is 13.2. The normalized spacial score (nSPS) is 11.4. The Morgan fingerprint density at radius 3 is 2.77 bits per heavy atom. The van der Waals surface area contributed by atoms with Crippen molar-refractivity contribution >= 4 is 39.6 Å². The lowest BCUT2D eigenvalue weighted by Gasteiger charge is -2.01. The molecule has 0 bridgehead atoms. The zero-order valence-electron chi connectivity index (χ0n) is 12.7. The quantitative estimate of drug-likeness (QED) is 0.548. The van der Waals surface area contributed by atoms with E-state index in [9.17, 15) is 13.2 Å². The highest BCUT2D eigenvalue weighted by molar-refractivity contribution is 8.01. The van der Waals surface area contributed by atoms with E-state index >= 15 is 0 Å². The van der Waals surface area contributed by atoms with E-state index in [0.29, 0.717) is 20.2 Å². The van der Waals surface area contributed by atoms with Crippen LogP contribution in [0.5, 0.6) is 0 Å². The van der Waals surface area contributed by atoms with Gasteiger partial charge in [-0.05, 0) is 42.1 Å². The standard InChI is InChI=1S/C14H8F3N7S2/c15-7-2-1-3-8(6-7)18-13-21-22-14(26-13)25-10-5-4-9-19-20-12(11(16)17)24(9)23-10/h1-6,11H,(H,18,21). The van der Waals surface area contributed by atoms with Crippen molar-refractivity contribution in [3.63, 3.8) is 0 Å². The Morgan fingerprint density at radius 2 is 1.96 bits per heavy atom. The summed E-state index contributed by atoms with van der Waals surface area (Å²) in [5.41, 5.74) is 0.777. The first-order valence-electron chi connectivity index (χ1n) is 7.13. The molecule has 0 radical (unpaired) electrons. The largest absolute Gasteiger partial charge is 0.330 e. The number of halogens is 3. The van der Waals surface area contributed by atoms with Crippen LogP contribution in [-0.4, -0.2) is 30.0 Å². The second-order valence-electron chi connectivity index (χ2n) is 4.91. The first-order chi connectivity index (χ1) is 12.6. The Bertz CT molecular complexity index is 1070. The smallest absolute Gasteiger partial charge is 0.299 e. The zero-order chi connectivity index (χ0) is 18.1. The highest BCUT2D eigenvalue weighted by Crippen LogP contribution is 2.32. The van der Waals surface area contributed by atoms with E-state index < -0.39 is 12.2 Å². The number of nitrogens with one attached hydrogen (secondary N) is 1. The summed E-state index contributed by atoms with van der Waals surface area (Å²) >= 11 is 2.38. The molecule has 26 heavy (non-hydrogen) atoms. The van der Waals surface area contributed by atoms with Crippen LogP contribution < -0.4 is 5.32 Å². The third kappa shape index (κ3) is 3.46. The van der Waals surface area contributed by atoms with Crippen molar-refractivity contribution in [2.45, 2.75) is 15.8 Å². The molecule has 0 atom stereocenters. The number of rotatable bonds is 5. The minimum absolute atomic E-state index is 0.232. The molecule has 3 aromatic heterocycles. The molecule has 3 heterocycles. The fourth-order valence-corrected chi connectivity index (χ4v) is 3.74. The number of aromatic nitrogens is 6. The van der Waals surface area contributed by atoms with Gasteiger partial charge in [-0.3, -0.25) is 0 Å². The van der Waals surface area contributed by atoms with Gasteiger partial charge < -0.3 is 5.32 Å². The topological polar surface area (TPSA) is 80.9 Å². The van der Waals surface area contributed by atoms with Crippen LogP contribution in [0.4, 0.5) is 24.0 Å². The number of benzene rings is 1. The van der Waals surface area contributed by atoms with Crippen molar-refractivity contribution < 1.29 is 13.2 Å². The molecule has 0 amide bonds. The third-order valence-corrected chi connectivity index (χ3v) is 4.95. The Kier molecular flexibility index (Phi) is 4.42. The molecule has 132 valence electrons. The van der Waals surface area contributed by atoms with Crippen LogP contribution in [0.25, 0.3) is 5.65 Å². The SMILES string of the molecule is Fc1cccc(Nc2nnc(Sc3ccc4nnc(C(F)F)n4n3)s2)c1. The fourth-order valence-electron chi connectivity index (χ4n) is 2.06. The van der Waals surface area contributed by atoms with E-state index in [1.54, 1.807) is 24.3 Å². The average molecular weight is 395 g/mol. The van der Waals surface area contributed by atoms with Gasteiger partial charge in [0.05, 0.1) is 0 Å². The van der Waals surface area contributed by atoms with E-state index in [-0.39, 0.29) is 11.5 Å². The van der Waals surface area contributed by atoms with Crippen LogP contribution in [-0.2, 0) is 0 Å². The van der Waals surface area contributed by atoms with Crippen molar-refractivity contribution in [3.8, 4) is 0 Å². The fraction of sp³-hybridized carbons (Fsp3) is 0.0714. The lowest BCUT2D eigenvalue weighted by atomic mass is 10.3. The Balaban J connectivity index is 1.53. The van der Waals surface area contributed by atoms with E-state index in [2.05, 4.69) is 30.8 Å². The Morgan fingerprint density at radius 1 is 1.08 bits per heavy atom. The lowest BCUT2D eigenvalue weighted by molar-refractivity contribution is 0.137. The minimum Gasteiger partial charge on any atom is -0.330 e. The van der Waals surface area contributed by atoms with Crippen molar-refractivity contribution in [2.24, 2.45) is 0 Å². The average Bonchev–Trinajstić information content (AvgIpc) is 3.21. The van der Waals surface area contributed by atoms with E-state index in [0.717, 1.165) is 16.3 Å². The molecule has 0 unspecified atom stereocenters. The molecule has 0 fully saturated rings. The molecule has 0 aliphatic carbocycles. The number of fused-ring (bicyclic) bond motifs is 1. The molecule has 0 aliphatic rings. The first-order valence-corrected chi connectivity index (χ1v) is 8.76. The van der Waals surface area contributed by atoms with Crippen molar-refractivity contribution in [1.82, 2.24) is 30.0 Å². The number of hydrogen-bond acceptors (Lipinski definition) is 8. The number of nitrogens with zero attached hydrogens (tertiary/aromatic N) is 6. The molecule has 4 rings (SSSR count). The van der Waals surface area contributed by atoms with Gasteiger partial charge in [-0.15, -0.1) is 20.4 Å². The maximum Gasteiger partial charge on any atom is 0.299 e. The summed E-state index contributed by atoms with van der Waals surface area (Å²) in [5.74, 6) is -0.886. The van der Waals surface area contributed by atoms with Gasteiger partial charge in [0, 0.05) is 5.69 Å². The van der Waals surface area contributed by atoms with Crippen LogP contribution in [0.3, 0.4) is 0 Å². The van der Waals surface area contributed by atoms with Crippen molar-refractivity contribution in [3.05, 3.63) is 48.0 Å². The van der Waals surface area contributed by atoms with E-state index in [4.69, 9.17) is 0 Å². The Hall–Kier alpha value is -2.73. The second-order valence-corrected chi connectivity index (χ2v) is 7.16. The highest BCUT2D eigenvalue weighted by atomic mass is 32.2. The molecule has 12 heteroatoms. The summed E-state index contributed by atoms with van der Waals surface area (Å²) < 4.78 is 40.6. The van der Waals surface area contributed by atoms with Gasteiger partial charge in [0.2, 0.25) is 11.0 Å². The molecule has 0 saturated carbocycles. The van der Waals surface area contributed by atoms with Gasteiger partial charge in [0.25, 0.3) is 6.43 Å². The van der Waals surface area contributed by atoms with Crippen LogP contribution in [0.15, 0.2) is 45.8 Å². The van der Waals surface area contributed by atoms with E-state index in [1.165, 1.54) is 23.5 Å². The molecule has 1 N–H and O–H groups in total. The predicted molar refractivity (Wildman–Crippen MR) is 89.5 cm³/mol. The maximum absolute atomic E-state index is 13.2. The van der Waals surface area contributed by atoms with Gasteiger partial charge in [-0.1, -0.05) is 17.4 Å². The number of alkyl halides is 2. The summed E-state index contributed by atoms with van der Waals surface area (Å²) in [5, 5.41) is 23.0. The van der Waals surface area contributed by atoms with Crippen LogP contribution in [0, 0.1) is 5.82 Å². The summed E-state index contributed by atoms with van der Waals surface area (Å²) in [6.45, 7) is 0. The molecule has 1 aromatic carbocycles. The zero-order valence-corrected chi connectivity index (χ0v) is 14.3. The monoisotopic (exact) mass is 395 g/mol. The molecular formula is C14H8F3N7S2. The molecule has 0 saturated heterocycles. The van der Waals surface area contributed by atoms with Crippen molar-refractivity contribution in [2.75, 3.05) is 5.32 Å². The molecule has 7 nitrogen and oxygen atoms in total. The predicted octanol–water partition coefficient (Wildman–Crippen LogP) is 3.95. The van der Waals surface area contributed by atoms with Gasteiger partial charge in [0.15, 0.2) is 9.99 Å². The van der Waals surface area contributed by atoms with Crippen LogP contribution >= 0.6 is 23.1 Å².